The van der Waals surface area contributed by atoms with E-state index in [-0.39, 0.29) is 18.7 Å². The molecular weight excluding hydrogens is 538 g/mol. The standard InChI is InChI=1S/C32H35N3O5S/c1-22(9-10-23-7-5-4-6-8-23)33-32(36)27-20-41-31(34-27)19-35(17-24-11-14-28-30(15-24)40-21-39-28)18-25-12-13-26(37-2)16-29(25)38-3/h4-8,11-16,20,22H,9-10,17-19,21H2,1-3H3,(H,33,36)/t22-/m0/s1. The molecule has 214 valence electrons. The van der Waals surface area contributed by atoms with Crippen LogP contribution >= 0.6 is 11.3 Å². The summed E-state index contributed by atoms with van der Waals surface area (Å²) in [7, 11) is 3.30. The zero-order valence-corrected chi connectivity index (χ0v) is 24.4. The van der Waals surface area contributed by atoms with Crippen molar-refractivity contribution in [2.75, 3.05) is 21.0 Å². The average Bonchev–Trinajstić information content (AvgIpc) is 3.66. The monoisotopic (exact) mass is 573 g/mol. The van der Waals surface area contributed by atoms with Crippen molar-refractivity contribution in [2.24, 2.45) is 0 Å². The molecule has 9 heteroatoms. The number of thiazole rings is 1. The molecule has 0 spiro atoms. The second kappa shape index (κ2) is 13.5. The highest BCUT2D eigenvalue weighted by molar-refractivity contribution is 7.09. The van der Waals surface area contributed by atoms with Gasteiger partial charge in [0.2, 0.25) is 6.79 Å². The lowest BCUT2D eigenvalue weighted by Crippen LogP contribution is -2.33. The molecule has 8 nitrogen and oxygen atoms in total. The third-order valence-corrected chi connectivity index (χ3v) is 7.79. The van der Waals surface area contributed by atoms with Crippen molar-refractivity contribution in [3.8, 4) is 23.0 Å². The highest BCUT2D eigenvalue weighted by atomic mass is 32.1. The molecule has 0 aliphatic carbocycles. The summed E-state index contributed by atoms with van der Waals surface area (Å²) in [6, 6.07) is 22.2. The second-order valence-electron chi connectivity index (χ2n) is 10.0. The minimum Gasteiger partial charge on any atom is -0.497 e. The summed E-state index contributed by atoms with van der Waals surface area (Å²) in [5.74, 6) is 2.85. The molecule has 1 aromatic heterocycles. The number of aromatic nitrogens is 1. The summed E-state index contributed by atoms with van der Waals surface area (Å²) in [4.78, 5) is 19.9. The van der Waals surface area contributed by atoms with E-state index in [4.69, 9.17) is 23.9 Å². The molecule has 0 bridgehead atoms. The Morgan fingerprint density at radius 1 is 0.976 bits per heavy atom. The Morgan fingerprint density at radius 3 is 2.61 bits per heavy atom. The van der Waals surface area contributed by atoms with Crippen molar-refractivity contribution in [3.63, 3.8) is 0 Å². The molecule has 0 saturated carbocycles. The molecule has 2 heterocycles. The van der Waals surface area contributed by atoms with Crippen molar-refractivity contribution >= 4 is 17.2 Å². The van der Waals surface area contributed by atoms with Crippen molar-refractivity contribution in [1.82, 2.24) is 15.2 Å². The van der Waals surface area contributed by atoms with Crippen LogP contribution in [0, 0.1) is 0 Å². The number of ether oxygens (including phenoxy) is 4. The molecule has 0 fully saturated rings. The predicted octanol–water partition coefficient (Wildman–Crippen LogP) is 5.84. The van der Waals surface area contributed by atoms with Crippen LogP contribution in [0.5, 0.6) is 23.0 Å². The maximum Gasteiger partial charge on any atom is 0.270 e. The Morgan fingerprint density at radius 2 is 1.80 bits per heavy atom. The molecule has 0 unspecified atom stereocenters. The number of aryl methyl sites for hydroxylation is 1. The number of carbonyl (C=O) groups is 1. The van der Waals surface area contributed by atoms with E-state index in [0.29, 0.717) is 25.3 Å². The summed E-state index contributed by atoms with van der Waals surface area (Å²) in [6.45, 7) is 4.08. The number of carbonyl (C=O) groups excluding carboxylic acids is 1. The first-order valence-corrected chi connectivity index (χ1v) is 14.5. The number of methoxy groups -OCH3 is 2. The molecule has 0 saturated heterocycles. The van der Waals surface area contributed by atoms with Gasteiger partial charge in [-0.25, -0.2) is 4.98 Å². The van der Waals surface area contributed by atoms with Crippen molar-refractivity contribution in [1.29, 1.82) is 0 Å². The average molecular weight is 574 g/mol. The summed E-state index contributed by atoms with van der Waals surface area (Å²) in [6.07, 6.45) is 1.77. The third-order valence-electron chi connectivity index (χ3n) is 6.96. The first kappa shape index (κ1) is 28.4. The first-order valence-electron chi connectivity index (χ1n) is 13.6. The van der Waals surface area contributed by atoms with Gasteiger partial charge in [-0.05, 0) is 49.1 Å². The molecule has 3 aromatic carbocycles. The van der Waals surface area contributed by atoms with Crippen molar-refractivity contribution in [2.45, 2.75) is 45.4 Å². The van der Waals surface area contributed by atoms with Gasteiger partial charge in [0.25, 0.3) is 5.91 Å². The molecule has 1 atom stereocenters. The molecule has 5 rings (SSSR count). The third kappa shape index (κ3) is 7.56. The van der Waals surface area contributed by atoms with Gasteiger partial charge in [-0.3, -0.25) is 9.69 Å². The van der Waals surface area contributed by atoms with E-state index in [1.54, 1.807) is 14.2 Å². The summed E-state index contributed by atoms with van der Waals surface area (Å²) >= 11 is 1.49. The lowest BCUT2D eigenvalue weighted by atomic mass is 10.1. The van der Waals surface area contributed by atoms with Crippen LogP contribution in [0.15, 0.2) is 72.1 Å². The van der Waals surface area contributed by atoms with Crippen LogP contribution in [0.25, 0.3) is 0 Å². The van der Waals surface area contributed by atoms with Crippen LogP contribution in [0.4, 0.5) is 0 Å². The fraction of sp³-hybridized carbons (Fsp3) is 0.312. The van der Waals surface area contributed by atoms with Gasteiger partial charge in [0.05, 0.1) is 20.8 Å². The number of benzene rings is 3. The van der Waals surface area contributed by atoms with E-state index in [2.05, 4.69) is 22.3 Å². The summed E-state index contributed by atoms with van der Waals surface area (Å²) in [5, 5.41) is 5.80. The Balaban J connectivity index is 1.27. The molecule has 4 aromatic rings. The minimum absolute atomic E-state index is 0.0397. The quantitative estimate of drug-likeness (QED) is 0.215. The van der Waals surface area contributed by atoms with Crippen LogP contribution in [-0.4, -0.2) is 42.8 Å². The van der Waals surface area contributed by atoms with Crippen LogP contribution in [0.1, 0.15) is 45.5 Å². The van der Waals surface area contributed by atoms with Gasteiger partial charge in [-0.1, -0.05) is 42.5 Å². The minimum atomic E-state index is -0.146. The molecule has 1 aliphatic heterocycles. The summed E-state index contributed by atoms with van der Waals surface area (Å²) in [5.41, 5.74) is 3.82. The number of amides is 1. The molecule has 0 radical (unpaired) electrons. The van der Waals surface area contributed by atoms with Crippen molar-refractivity contribution in [3.05, 3.63) is 99.5 Å². The Labute approximate surface area is 244 Å². The molecule has 1 aliphatic rings. The van der Waals surface area contributed by atoms with Crippen molar-refractivity contribution < 1.29 is 23.7 Å². The maximum absolute atomic E-state index is 13.0. The molecule has 41 heavy (non-hydrogen) atoms. The number of nitrogens with one attached hydrogen (secondary N) is 1. The number of rotatable bonds is 13. The fourth-order valence-corrected chi connectivity index (χ4v) is 5.58. The molecule has 1 amide bonds. The summed E-state index contributed by atoms with van der Waals surface area (Å²) < 4.78 is 22.1. The Hall–Kier alpha value is -4.08. The van der Waals surface area contributed by atoms with Crippen LogP contribution < -0.4 is 24.3 Å². The number of hydrogen-bond acceptors (Lipinski definition) is 8. The first-order chi connectivity index (χ1) is 20.0. The zero-order valence-electron chi connectivity index (χ0n) is 23.6. The zero-order chi connectivity index (χ0) is 28.6. The van der Waals surface area contributed by atoms with Crippen LogP contribution in [0.2, 0.25) is 0 Å². The number of fused-ring (bicyclic) bond motifs is 1. The predicted molar refractivity (Wildman–Crippen MR) is 159 cm³/mol. The fourth-order valence-electron chi connectivity index (χ4n) is 4.77. The second-order valence-corrected chi connectivity index (χ2v) is 11.0. The van der Waals surface area contributed by atoms with Crippen LogP contribution in [0.3, 0.4) is 0 Å². The van der Waals surface area contributed by atoms with Gasteiger partial charge in [0.15, 0.2) is 11.5 Å². The maximum atomic E-state index is 13.0. The van der Waals surface area contributed by atoms with E-state index < -0.39 is 0 Å². The molecule has 1 N–H and O–H groups in total. The van der Waals surface area contributed by atoms with E-state index in [0.717, 1.165) is 52.0 Å². The van der Waals surface area contributed by atoms with Gasteiger partial charge >= 0.3 is 0 Å². The largest absolute Gasteiger partial charge is 0.497 e. The highest BCUT2D eigenvalue weighted by Crippen LogP contribution is 2.33. The van der Waals surface area contributed by atoms with E-state index in [1.165, 1.54) is 16.9 Å². The topological polar surface area (TPSA) is 82.2 Å². The lowest BCUT2D eigenvalue weighted by Gasteiger charge is -2.23. The normalized spacial score (nSPS) is 12.8. The van der Waals surface area contributed by atoms with E-state index in [1.807, 2.05) is 66.9 Å². The number of nitrogens with zero attached hydrogens (tertiary/aromatic N) is 2. The number of hydrogen-bond donors (Lipinski definition) is 1. The SMILES string of the molecule is COc1ccc(CN(Cc2ccc3c(c2)OCO3)Cc2nc(C(=O)N[C@@H](C)CCc3ccccc3)cs2)c(OC)c1. The van der Waals surface area contributed by atoms with E-state index >= 15 is 0 Å². The highest BCUT2D eigenvalue weighted by Gasteiger charge is 2.19. The van der Waals surface area contributed by atoms with Gasteiger partial charge in [0.1, 0.15) is 22.2 Å². The smallest absolute Gasteiger partial charge is 0.270 e. The van der Waals surface area contributed by atoms with Gasteiger partial charge in [-0.2, -0.15) is 0 Å². The Bertz CT molecular complexity index is 1460. The Kier molecular flexibility index (Phi) is 9.38. The van der Waals surface area contributed by atoms with E-state index in [9.17, 15) is 4.79 Å². The van der Waals surface area contributed by atoms with Gasteiger partial charge in [-0.15, -0.1) is 11.3 Å². The van der Waals surface area contributed by atoms with Gasteiger partial charge < -0.3 is 24.3 Å². The van der Waals surface area contributed by atoms with Gasteiger partial charge in [0, 0.05) is 36.1 Å². The molecular formula is C32H35N3O5S. The lowest BCUT2D eigenvalue weighted by molar-refractivity contribution is 0.0933. The van der Waals surface area contributed by atoms with Crippen LogP contribution in [-0.2, 0) is 26.1 Å².